The van der Waals surface area contributed by atoms with Crippen LogP contribution in [0.25, 0.3) is 0 Å². The summed E-state index contributed by atoms with van der Waals surface area (Å²) in [4.78, 5) is 0. The summed E-state index contributed by atoms with van der Waals surface area (Å²) in [5.41, 5.74) is 0.631. The Labute approximate surface area is 82.1 Å². The van der Waals surface area contributed by atoms with Gasteiger partial charge in [-0.3, -0.25) is 4.68 Å². The van der Waals surface area contributed by atoms with E-state index in [0.29, 0.717) is 5.69 Å². The third-order valence-electron chi connectivity index (χ3n) is 1.90. The zero-order chi connectivity index (χ0) is 10.7. The van der Waals surface area contributed by atoms with Crippen molar-refractivity contribution in [3.8, 4) is 0 Å². The molecule has 0 aliphatic heterocycles. The summed E-state index contributed by atoms with van der Waals surface area (Å²) in [7, 11) is 0. The van der Waals surface area contributed by atoms with Gasteiger partial charge in [0.2, 0.25) is 0 Å². The van der Waals surface area contributed by atoms with Gasteiger partial charge in [0, 0.05) is 12.2 Å². The molecule has 0 aliphatic carbocycles. The molecule has 80 valence electrons. The molecule has 0 aliphatic rings. The third kappa shape index (κ3) is 2.68. The Kier molecular flexibility index (Phi) is 3.43. The van der Waals surface area contributed by atoms with Gasteiger partial charge in [-0.05, 0) is 20.8 Å². The highest BCUT2D eigenvalue weighted by atomic mass is 19.3. The van der Waals surface area contributed by atoms with Crippen molar-refractivity contribution < 1.29 is 8.78 Å². The molecule has 1 aromatic rings. The second-order valence-electron chi connectivity index (χ2n) is 3.57. The summed E-state index contributed by atoms with van der Waals surface area (Å²) in [6, 6.07) is -0.604. The number of nitrogens with zero attached hydrogens (tertiary/aromatic N) is 2. The van der Waals surface area contributed by atoms with E-state index in [4.69, 9.17) is 0 Å². The Morgan fingerprint density at radius 3 is 2.43 bits per heavy atom. The van der Waals surface area contributed by atoms with Crippen molar-refractivity contribution in [1.29, 1.82) is 0 Å². The van der Waals surface area contributed by atoms with Gasteiger partial charge in [0.1, 0.15) is 0 Å². The van der Waals surface area contributed by atoms with E-state index in [1.807, 2.05) is 13.8 Å². The van der Waals surface area contributed by atoms with Gasteiger partial charge >= 0.3 is 0 Å². The molecule has 1 unspecified atom stereocenters. The lowest BCUT2D eigenvalue weighted by Gasteiger charge is -2.11. The van der Waals surface area contributed by atoms with E-state index < -0.39 is 12.5 Å². The van der Waals surface area contributed by atoms with E-state index in [0.717, 1.165) is 0 Å². The van der Waals surface area contributed by atoms with Crippen molar-refractivity contribution >= 4 is 5.69 Å². The number of alkyl halides is 2. The predicted molar refractivity (Wildman–Crippen MR) is 51.7 cm³/mol. The van der Waals surface area contributed by atoms with Crippen LogP contribution in [0.3, 0.4) is 0 Å². The molecular weight excluding hydrogens is 188 g/mol. The lowest BCUT2D eigenvalue weighted by molar-refractivity contribution is 0.131. The third-order valence-corrected chi connectivity index (χ3v) is 1.90. The van der Waals surface area contributed by atoms with Crippen molar-refractivity contribution in [1.82, 2.24) is 9.78 Å². The maximum Gasteiger partial charge on any atom is 0.258 e. The molecule has 0 radical (unpaired) electrons. The summed E-state index contributed by atoms with van der Waals surface area (Å²) in [5, 5.41) is 6.72. The molecule has 3 nitrogen and oxygen atoms in total. The Balaban J connectivity index is 2.60. The van der Waals surface area contributed by atoms with Crippen molar-refractivity contribution in [2.45, 2.75) is 39.3 Å². The zero-order valence-corrected chi connectivity index (χ0v) is 8.54. The van der Waals surface area contributed by atoms with Crippen LogP contribution in [0.5, 0.6) is 0 Å². The second-order valence-corrected chi connectivity index (χ2v) is 3.57. The lowest BCUT2D eigenvalue weighted by Crippen LogP contribution is -2.23. The normalized spacial score (nSPS) is 13.6. The van der Waals surface area contributed by atoms with E-state index in [2.05, 4.69) is 10.4 Å². The first-order chi connectivity index (χ1) is 6.50. The summed E-state index contributed by atoms with van der Waals surface area (Å²) in [5.74, 6) is 0. The van der Waals surface area contributed by atoms with E-state index in [-0.39, 0.29) is 6.04 Å². The van der Waals surface area contributed by atoms with Crippen LogP contribution in [0.1, 0.15) is 26.8 Å². The number of hydrogen-bond donors (Lipinski definition) is 1. The summed E-state index contributed by atoms with van der Waals surface area (Å²) in [6.07, 6.45) is 0.917. The van der Waals surface area contributed by atoms with Crippen molar-refractivity contribution in [2.75, 3.05) is 5.32 Å². The first-order valence-corrected chi connectivity index (χ1v) is 4.59. The molecule has 0 saturated heterocycles. The fraction of sp³-hybridized carbons (Fsp3) is 0.667. The minimum atomic E-state index is -2.36. The van der Waals surface area contributed by atoms with Crippen LogP contribution in [-0.4, -0.2) is 22.2 Å². The topological polar surface area (TPSA) is 29.9 Å². The monoisotopic (exact) mass is 203 g/mol. The molecule has 0 fully saturated rings. The summed E-state index contributed by atoms with van der Waals surface area (Å²) >= 11 is 0. The number of rotatable bonds is 4. The van der Waals surface area contributed by atoms with Gasteiger partial charge in [-0.25, -0.2) is 8.78 Å². The number of nitrogens with one attached hydrogen (secondary N) is 1. The zero-order valence-electron chi connectivity index (χ0n) is 8.54. The first kappa shape index (κ1) is 10.9. The average Bonchev–Trinajstić information content (AvgIpc) is 2.52. The molecule has 0 saturated carbocycles. The number of halogens is 2. The van der Waals surface area contributed by atoms with Crippen molar-refractivity contribution in [3.63, 3.8) is 0 Å². The molecule has 0 spiro atoms. The smallest absolute Gasteiger partial charge is 0.258 e. The lowest BCUT2D eigenvalue weighted by atomic mass is 10.3. The molecule has 0 amide bonds. The van der Waals surface area contributed by atoms with Gasteiger partial charge in [0.25, 0.3) is 6.43 Å². The predicted octanol–water partition coefficient (Wildman–Crippen LogP) is 2.53. The van der Waals surface area contributed by atoms with Gasteiger partial charge in [0.05, 0.1) is 17.9 Å². The largest absolute Gasteiger partial charge is 0.374 e. The maximum atomic E-state index is 12.2. The standard InChI is InChI=1S/C9H15F2N3/c1-6(2)14-5-8(4-12-14)13-7(3)9(10)11/h4-7,9,13H,1-3H3. The van der Waals surface area contributed by atoms with Crippen LogP contribution >= 0.6 is 0 Å². The van der Waals surface area contributed by atoms with Crippen molar-refractivity contribution in [3.05, 3.63) is 12.4 Å². The molecule has 14 heavy (non-hydrogen) atoms. The molecule has 1 N–H and O–H groups in total. The number of anilines is 1. The Bertz CT molecular complexity index is 283. The molecule has 0 aromatic carbocycles. The second kappa shape index (κ2) is 4.39. The van der Waals surface area contributed by atoms with Gasteiger partial charge in [-0.15, -0.1) is 0 Å². The van der Waals surface area contributed by atoms with E-state index >= 15 is 0 Å². The van der Waals surface area contributed by atoms with Crippen LogP contribution in [0.4, 0.5) is 14.5 Å². The molecule has 1 heterocycles. The Morgan fingerprint density at radius 1 is 1.36 bits per heavy atom. The van der Waals surface area contributed by atoms with Crippen LogP contribution in [0.2, 0.25) is 0 Å². The van der Waals surface area contributed by atoms with Gasteiger partial charge in [0.15, 0.2) is 0 Å². The van der Waals surface area contributed by atoms with Crippen LogP contribution in [0, 0.1) is 0 Å². The molecule has 1 rings (SSSR count). The Hall–Kier alpha value is -1.13. The van der Waals surface area contributed by atoms with Crippen LogP contribution in [-0.2, 0) is 0 Å². The van der Waals surface area contributed by atoms with Crippen molar-refractivity contribution in [2.24, 2.45) is 0 Å². The maximum absolute atomic E-state index is 12.2. The highest BCUT2D eigenvalue weighted by Crippen LogP contribution is 2.13. The molecule has 1 atom stereocenters. The molecule has 0 bridgehead atoms. The van der Waals surface area contributed by atoms with E-state index in [9.17, 15) is 8.78 Å². The van der Waals surface area contributed by atoms with Crippen LogP contribution < -0.4 is 5.32 Å². The van der Waals surface area contributed by atoms with Gasteiger partial charge in [-0.1, -0.05) is 0 Å². The summed E-state index contributed by atoms with van der Waals surface area (Å²) in [6.45, 7) is 5.40. The highest BCUT2D eigenvalue weighted by Gasteiger charge is 2.14. The number of aromatic nitrogens is 2. The summed E-state index contributed by atoms with van der Waals surface area (Å²) < 4.78 is 26.1. The highest BCUT2D eigenvalue weighted by molar-refractivity contribution is 5.39. The van der Waals surface area contributed by atoms with Gasteiger partial charge in [-0.2, -0.15) is 5.10 Å². The average molecular weight is 203 g/mol. The molecule has 1 aromatic heterocycles. The number of hydrogen-bond acceptors (Lipinski definition) is 2. The first-order valence-electron chi connectivity index (χ1n) is 4.59. The quantitative estimate of drug-likeness (QED) is 0.814. The fourth-order valence-electron chi connectivity index (χ4n) is 1.02. The van der Waals surface area contributed by atoms with Crippen LogP contribution in [0.15, 0.2) is 12.4 Å². The minimum Gasteiger partial charge on any atom is -0.374 e. The van der Waals surface area contributed by atoms with Gasteiger partial charge < -0.3 is 5.32 Å². The molecule has 5 heteroatoms. The van der Waals surface area contributed by atoms with E-state index in [1.54, 1.807) is 17.1 Å². The van der Waals surface area contributed by atoms with E-state index in [1.165, 1.54) is 6.92 Å². The Morgan fingerprint density at radius 2 is 2.00 bits per heavy atom. The SMILES string of the molecule is CC(Nc1cnn(C(C)C)c1)C(F)F. The molecular formula is C9H15F2N3. The fourth-order valence-corrected chi connectivity index (χ4v) is 1.02. The minimum absolute atomic E-state index is 0.243.